The van der Waals surface area contributed by atoms with Gasteiger partial charge in [-0.2, -0.15) is 17.0 Å². The monoisotopic (exact) mass is 430 g/mol. The number of esters is 1. The Labute approximate surface area is 174 Å². The van der Waals surface area contributed by atoms with E-state index in [1.54, 1.807) is 18.2 Å². The molecular weight excluding hydrogens is 396 g/mol. The molecule has 0 aliphatic rings. The second-order valence-electron chi connectivity index (χ2n) is 6.68. The van der Waals surface area contributed by atoms with Gasteiger partial charge >= 0.3 is 5.97 Å². The van der Waals surface area contributed by atoms with Gasteiger partial charge in [-0.05, 0) is 30.5 Å². The molecule has 1 aromatic carbocycles. The van der Waals surface area contributed by atoms with Gasteiger partial charge in [0.2, 0.25) is 0 Å². The highest BCUT2D eigenvalue weighted by Gasteiger charge is 2.31. The van der Waals surface area contributed by atoms with Crippen LogP contribution in [0.3, 0.4) is 0 Å². The Morgan fingerprint density at radius 3 is 1.83 bits per heavy atom. The summed E-state index contributed by atoms with van der Waals surface area (Å²) >= 11 is 0. The second kappa shape index (κ2) is 12.7. The van der Waals surface area contributed by atoms with Gasteiger partial charge in [-0.25, -0.2) is 0 Å². The van der Waals surface area contributed by atoms with Crippen LogP contribution in [-0.4, -0.2) is 64.0 Å². The zero-order valence-corrected chi connectivity index (χ0v) is 19.0. The normalized spacial score (nSPS) is 11.7. The number of hydrogen-bond acceptors (Lipinski definition) is 6. The standard InChI is InChI=1S/C20H34N2O6S/c1-6-8-10-21(11-9-7-2)29(24,25)22(16-20(23)28-5)15-17-12-18(26-3)14-19(13-17)27-4/h12-14H,6-11,15-16H2,1-5H3. The minimum absolute atomic E-state index is 0.000255. The number of carbonyl (C=O) groups is 1. The molecule has 0 atom stereocenters. The molecule has 0 aliphatic carbocycles. The first-order chi connectivity index (χ1) is 13.8. The third-order valence-electron chi connectivity index (χ3n) is 4.48. The van der Waals surface area contributed by atoms with E-state index in [2.05, 4.69) is 0 Å². The van der Waals surface area contributed by atoms with E-state index in [1.807, 2.05) is 13.8 Å². The number of rotatable bonds is 14. The Bertz CT molecular complexity index is 708. The van der Waals surface area contributed by atoms with Crippen molar-refractivity contribution in [2.45, 2.75) is 46.1 Å². The van der Waals surface area contributed by atoms with Crippen molar-refractivity contribution in [2.75, 3.05) is 41.0 Å². The van der Waals surface area contributed by atoms with E-state index in [0.717, 1.165) is 30.0 Å². The van der Waals surface area contributed by atoms with Crippen molar-refractivity contribution in [3.05, 3.63) is 23.8 Å². The Hall–Kier alpha value is -1.84. The number of benzene rings is 1. The minimum Gasteiger partial charge on any atom is -0.497 e. The summed E-state index contributed by atoms with van der Waals surface area (Å²) in [5.74, 6) is 0.474. The van der Waals surface area contributed by atoms with Gasteiger partial charge in [0.15, 0.2) is 0 Å². The number of methoxy groups -OCH3 is 3. The fourth-order valence-corrected chi connectivity index (χ4v) is 4.39. The van der Waals surface area contributed by atoms with Crippen LogP contribution in [-0.2, 0) is 26.3 Å². The molecule has 8 nitrogen and oxygen atoms in total. The topological polar surface area (TPSA) is 85.4 Å². The first kappa shape index (κ1) is 25.2. The van der Waals surface area contributed by atoms with E-state index in [9.17, 15) is 13.2 Å². The van der Waals surface area contributed by atoms with E-state index in [1.165, 1.54) is 25.6 Å². The molecule has 0 unspecified atom stereocenters. The maximum atomic E-state index is 13.4. The molecule has 9 heteroatoms. The zero-order chi connectivity index (χ0) is 21.9. The SMILES string of the molecule is CCCCN(CCCC)S(=O)(=O)N(CC(=O)OC)Cc1cc(OC)cc(OC)c1. The predicted molar refractivity (Wildman–Crippen MR) is 112 cm³/mol. The summed E-state index contributed by atoms with van der Waals surface area (Å²) in [7, 11) is 0.431. The minimum atomic E-state index is -3.87. The van der Waals surface area contributed by atoms with E-state index in [4.69, 9.17) is 14.2 Å². The van der Waals surface area contributed by atoms with Crippen molar-refractivity contribution in [1.29, 1.82) is 0 Å². The lowest BCUT2D eigenvalue weighted by atomic mass is 10.2. The van der Waals surface area contributed by atoms with Gasteiger partial charge in [0.25, 0.3) is 10.2 Å². The van der Waals surface area contributed by atoms with Crippen LogP contribution >= 0.6 is 0 Å². The second-order valence-corrected chi connectivity index (χ2v) is 8.61. The summed E-state index contributed by atoms with van der Waals surface area (Å²) in [4.78, 5) is 12.0. The van der Waals surface area contributed by atoms with Crippen molar-refractivity contribution in [3.8, 4) is 11.5 Å². The third kappa shape index (κ3) is 7.83. The average molecular weight is 431 g/mol. The molecule has 0 saturated carbocycles. The molecular formula is C20H34N2O6S. The molecule has 0 aromatic heterocycles. The van der Waals surface area contributed by atoms with Crippen molar-refractivity contribution in [1.82, 2.24) is 8.61 Å². The summed E-state index contributed by atoms with van der Waals surface area (Å²) in [5, 5.41) is 0. The highest BCUT2D eigenvalue weighted by atomic mass is 32.2. The summed E-state index contributed by atoms with van der Waals surface area (Å²) in [6, 6.07) is 5.16. The van der Waals surface area contributed by atoms with Crippen LogP contribution in [0, 0.1) is 0 Å². The molecule has 0 N–H and O–H groups in total. The van der Waals surface area contributed by atoms with Crippen LogP contribution < -0.4 is 9.47 Å². The molecule has 166 valence electrons. The number of hydrogen-bond donors (Lipinski definition) is 0. The predicted octanol–water partition coefficient (Wildman–Crippen LogP) is 2.83. The smallest absolute Gasteiger partial charge is 0.321 e. The molecule has 0 saturated heterocycles. The molecule has 0 spiro atoms. The highest BCUT2D eigenvalue weighted by molar-refractivity contribution is 7.86. The van der Waals surface area contributed by atoms with E-state index < -0.39 is 16.2 Å². The van der Waals surface area contributed by atoms with Gasteiger partial charge in [-0.3, -0.25) is 4.79 Å². The molecule has 0 aliphatic heterocycles. The molecule has 0 bridgehead atoms. The Morgan fingerprint density at radius 1 is 0.897 bits per heavy atom. The maximum Gasteiger partial charge on any atom is 0.321 e. The lowest BCUT2D eigenvalue weighted by molar-refractivity contribution is -0.140. The van der Waals surface area contributed by atoms with Gasteiger partial charge in [-0.1, -0.05) is 26.7 Å². The van der Waals surface area contributed by atoms with Crippen LogP contribution in [0.15, 0.2) is 18.2 Å². The molecule has 0 heterocycles. The van der Waals surface area contributed by atoms with E-state index in [0.29, 0.717) is 30.2 Å². The lowest BCUT2D eigenvalue weighted by Crippen LogP contribution is -2.46. The summed E-state index contributed by atoms with van der Waals surface area (Å²) in [6.07, 6.45) is 3.26. The van der Waals surface area contributed by atoms with Crippen molar-refractivity contribution >= 4 is 16.2 Å². The van der Waals surface area contributed by atoms with E-state index >= 15 is 0 Å². The fraction of sp³-hybridized carbons (Fsp3) is 0.650. The van der Waals surface area contributed by atoms with Crippen molar-refractivity contribution in [3.63, 3.8) is 0 Å². The van der Waals surface area contributed by atoms with Crippen LogP contribution in [0.5, 0.6) is 11.5 Å². The largest absolute Gasteiger partial charge is 0.497 e. The van der Waals surface area contributed by atoms with Gasteiger partial charge < -0.3 is 14.2 Å². The average Bonchev–Trinajstić information content (AvgIpc) is 2.72. The Balaban J connectivity index is 3.25. The first-order valence-electron chi connectivity index (χ1n) is 9.86. The zero-order valence-electron chi connectivity index (χ0n) is 18.1. The Kier molecular flexibility index (Phi) is 11.0. The molecule has 1 rings (SSSR count). The number of unbranched alkanes of at least 4 members (excludes halogenated alkanes) is 2. The quantitative estimate of drug-likeness (QED) is 0.422. The molecule has 0 fully saturated rings. The molecule has 29 heavy (non-hydrogen) atoms. The van der Waals surface area contributed by atoms with Crippen molar-refractivity contribution < 1.29 is 27.4 Å². The molecule has 0 radical (unpaired) electrons. The van der Waals surface area contributed by atoms with Gasteiger partial charge in [0.1, 0.15) is 18.0 Å². The van der Waals surface area contributed by atoms with E-state index in [-0.39, 0.29) is 13.1 Å². The van der Waals surface area contributed by atoms with Crippen LogP contribution in [0.1, 0.15) is 45.1 Å². The van der Waals surface area contributed by atoms with Gasteiger partial charge in [0.05, 0.1) is 21.3 Å². The number of ether oxygens (including phenoxy) is 3. The van der Waals surface area contributed by atoms with Crippen molar-refractivity contribution in [2.24, 2.45) is 0 Å². The number of carbonyl (C=O) groups excluding carboxylic acids is 1. The highest BCUT2D eigenvalue weighted by Crippen LogP contribution is 2.25. The summed E-state index contributed by atoms with van der Waals surface area (Å²) < 4.78 is 44.7. The number of nitrogens with zero attached hydrogens (tertiary/aromatic N) is 2. The van der Waals surface area contributed by atoms with Crippen LogP contribution in [0.2, 0.25) is 0 Å². The molecule has 1 aromatic rings. The maximum absolute atomic E-state index is 13.4. The lowest BCUT2D eigenvalue weighted by Gasteiger charge is -2.29. The summed E-state index contributed by atoms with van der Waals surface area (Å²) in [6.45, 7) is 4.49. The van der Waals surface area contributed by atoms with Crippen LogP contribution in [0.25, 0.3) is 0 Å². The third-order valence-corrected chi connectivity index (χ3v) is 6.41. The fourth-order valence-electron chi connectivity index (χ4n) is 2.76. The first-order valence-corrected chi connectivity index (χ1v) is 11.3. The van der Waals surface area contributed by atoms with Gasteiger partial charge in [0, 0.05) is 25.7 Å². The Morgan fingerprint density at radius 2 is 1.41 bits per heavy atom. The van der Waals surface area contributed by atoms with Crippen LogP contribution in [0.4, 0.5) is 0 Å². The van der Waals surface area contributed by atoms with Gasteiger partial charge in [-0.15, -0.1) is 0 Å². The molecule has 0 amide bonds. The summed E-state index contributed by atoms with van der Waals surface area (Å²) in [5.41, 5.74) is 0.652.